The fraction of sp³-hybridized carbons (Fsp3) is 0.130. The lowest BCUT2D eigenvalue weighted by molar-refractivity contribution is 0.0472. The smallest absolute Gasteiger partial charge is 0.338 e. The van der Waals surface area contributed by atoms with E-state index in [1.165, 1.54) is 28.6 Å². The lowest BCUT2D eigenvalue weighted by atomic mass is 10.1. The van der Waals surface area contributed by atoms with E-state index in [0.717, 1.165) is 5.56 Å². The van der Waals surface area contributed by atoms with Crippen LogP contribution in [0.15, 0.2) is 83.8 Å². The number of nitriles is 1. The van der Waals surface area contributed by atoms with Gasteiger partial charge >= 0.3 is 5.97 Å². The minimum atomic E-state index is -3.75. The van der Waals surface area contributed by atoms with Crippen molar-refractivity contribution in [3.8, 4) is 6.07 Å². The van der Waals surface area contributed by atoms with Gasteiger partial charge in [-0.15, -0.1) is 0 Å². The maximum absolute atomic E-state index is 13.0. The van der Waals surface area contributed by atoms with E-state index in [0.29, 0.717) is 11.3 Å². The van der Waals surface area contributed by atoms with Crippen molar-refractivity contribution >= 4 is 21.7 Å². The molecule has 0 spiro atoms. The predicted molar refractivity (Wildman–Crippen MR) is 113 cm³/mol. The van der Waals surface area contributed by atoms with Gasteiger partial charge in [0.1, 0.15) is 6.61 Å². The van der Waals surface area contributed by atoms with Crippen LogP contribution in [0.25, 0.3) is 0 Å². The molecule has 0 aliphatic rings. The van der Waals surface area contributed by atoms with Gasteiger partial charge in [0.05, 0.1) is 27.8 Å². The highest BCUT2D eigenvalue weighted by Crippen LogP contribution is 2.23. The molecule has 0 amide bonds. The van der Waals surface area contributed by atoms with Gasteiger partial charge < -0.3 is 4.74 Å². The molecule has 0 fully saturated rings. The van der Waals surface area contributed by atoms with Gasteiger partial charge in [-0.25, -0.2) is 13.2 Å². The van der Waals surface area contributed by atoms with Crippen LogP contribution >= 0.6 is 0 Å². The lowest BCUT2D eigenvalue weighted by Gasteiger charge is -2.22. The number of nitrogens with zero attached hydrogens (tertiary/aromatic N) is 2. The van der Waals surface area contributed by atoms with Gasteiger partial charge in [0.15, 0.2) is 0 Å². The molecular weight excluding hydrogens is 400 g/mol. The minimum absolute atomic E-state index is 0.0577. The first-order chi connectivity index (χ1) is 14.5. The summed E-state index contributed by atoms with van der Waals surface area (Å²) in [6.07, 6.45) is 0. The van der Waals surface area contributed by atoms with Crippen molar-refractivity contribution in [2.75, 3.05) is 10.8 Å². The zero-order valence-corrected chi connectivity index (χ0v) is 17.2. The number of carbonyl (C=O) groups excluding carboxylic acids is 1. The highest BCUT2D eigenvalue weighted by atomic mass is 32.2. The third-order valence-electron chi connectivity index (χ3n) is 4.46. The number of ether oxygens (including phenoxy) is 1. The van der Waals surface area contributed by atoms with Crippen molar-refractivity contribution in [2.24, 2.45) is 0 Å². The highest BCUT2D eigenvalue weighted by Gasteiger charge is 2.23. The molecule has 7 heteroatoms. The maximum atomic E-state index is 13.0. The van der Waals surface area contributed by atoms with E-state index in [2.05, 4.69) is 0 Å². The topological polar surface area (TPSA) is 87.5 Å². The molecule has 0 aliphatic heterocycles. The number of para-hydroxylation sites is 1. The quantitative estimate of drug-likeness (QED) is 0.536. The van der Waals surface area contributed by atoms with Crippen molar-refractivity contribution in [3.63, 3.8) is 0 Å². The zero-order valence-electron chi connectivity index (χ0n) is 16.4. The molecule has 0 aromatic heterocycles. The van der Waals surface area contributed by atoms with Crippen LogP contribution < -0.4 is 4.31 Å². The molecule has 152 valence electrons. The van der Waals surface area contributed by atoms with Gasteiger partial charge in [-0.2, -0.15) is 5.26 Å². The summed E-state index contributed by atoms with van der Waals surface area (Å²) in [6.45, 7) is 2.10. The van der Waals surface area contributed by atoms with E-state index in [1.807, 2.05) is 12.1 Å². The second-order valence-electron chi connectivity index (χ2n) is 6.41. The van der Waals surface area contributed by atoms with E-state index in [1.54, 1.807) is 55.5 Å². The Morgan fingerprint density at radius 1 is 0.967 bits per heavy atom. The van der Waals surface area contributed by atoms with Crippen LogP contribution in [0.2, 0.25) is 0 Å². The van der Waals surface area contributed by atoms with Crippen LogP contribution in [0.3, 0.4) is 0 Å². The molecule has 0 unspecified atom stereocenters. The normalized spacial score (nSPS) is 10.8. The third kappa shape index (κ3) is 4.67. The number of benzene rings is 3. The fourth-order valence-electron chi connectivity index (χ4n) is 2.88. The predicted octanol–water partition coefficient (Wildman–Crippen LogP) is 4.13. The second-order valence-corrected chi connectivity index (χ2v) is 8.28. The Labute approximate surface area is 176 Å². The van der Waals surface area contributed by atoms with E-state index >= 15 is 0 Å². The van der Waals surface area contributed by atoms with Crippen molar-refractivity contribution in [1.82, 2.24) is 0 Å². The summed E-state index contributed by atoms with van der Waals surface area (Å²) < 4.78 is 32.6. The van der Waals surface area contributed by atoms with E-state index < -0.39 is 16.0 Å². The van der Waals surface area contributed by atoms with Gasteiger partial charge in [-0.3, -0.25) is 4.31 Å². The molecule has 0 N–H and O–H groups in total. The summed E-state index contributed by atoms with van der Waals surface area (Å²) in [5, 5.41) is 8.81. The summed E-state index contributed by atoms with van der Waals surface area (Å²) in [6, 6.07) is 23.3. The van der Waals surface area contributed by atoms with Crippen LogP contribution in [-0.4, -0.2) is 20.9 Å². The Bertz CT molecular complexity index is 1150. The molecule has 30 heavy (non-hydrogen) atoms. The standard InChI is InChI=1S/C23H20N2O4S/c1-2-25(21-6-4-3-5-7-21)30(27,28)22-14-12-20(13-15-22)23(26)29-17-19-10-8-18(16-24)9-11-19/h3-15H,2,17H2,1H3. The van der Waals surface area contributed by atoms with E-state index in [-0.39, 0.29) is 23.6 Å². The summed E-state index contributed by atoms with van der Waals surface area (Å²) in [5.41, 5.74) is 2.11. The average molecular weight is 420 g/mol. The summed E-state index contributed by atoms with van der Waals surface area (Å²) in [7, 11) is -3.75. The maximum Gasteiger partial charge on any atom is 0.338 e. The van der Waals surface area contributed by atoms with Gasteiger partial charge in [0.25, 0.3) is 10.0 Å². The molecule has 6 nitrogen and oxygen atoms in total. The monoisotopic (exact) mass is 420 g/mol. The van der Waals surface area contributed by atoms with Crippen LogP contribution in [0.5, 0.6) is 0 Å². The summed E-state index contributed by atoms with van der Waals surface area (Å²) in [5.74, 6) is -0.557. The molecule has 0 aliphatic carbocycles. The van der Waals surface area contributed by atoms with Gasteiger partial charge in [0.2, 0.25) is 0 Å². The first-order valence-corrected chi connectivity index (χ1v) is 10.7. The first-order valence-electron chi connectivity index (χ1n) is 9.29. The van der Waals surface area contributed by atoms with Crippen LogP contribution in [0.4, 0.5) is 5.69 Å². The second kappa shape index (κ2) is 9.25. The zero-order chi connectivity index (χ0) is 21.6. The van der Waals surface area contributed by atoms with Gasteiger partial charge in [0, 0.05) is 6.54 Å². The first kappa shape index (κ1) is 21.1. The molecule has 3 rings (SSSR count). The van der Waals surface area contributed by atoms with Crippen LogP contribution in [-0.2, 0) is 21.4 Å². The van der Waals surface area contributed by atoms with E-state index in [4.69, 9.17) is 10.00 Å². The Morgan fingerprint density at radius 2 is 1.60 bits per heavy atom. The number of anilines is 1. The number of esters is 1. The average Bonchev–Trinajstić information content (AvgIpc) is 2.79. The Kier molecular flexibility index (Phi) is 6.50. The number of sulfonamides is 1. The Morgan fingerprint density at radius 3 is 2.17 bits per heavy atom. The lowest BCUT2D eigenvalue weighted by Crippen LogP contribution is -2.30. The molecule has 0 radical (unpaired) electrons. The molecule has 0 saturated heterocycles. The third-order valence-corrected chi connectivity index (χ3v) is 6.38. The van der Waals surface area contributed by atoms with E-state index in [9.17, 15) is 13.2 Å². The number of carbonyl (C=O) groups is 1. The van der Waals surface area contributed by atoms with Gasteiger partial charge in [-0.05, 0) is 61.0 Å². The number of hydrogen-bond acceptors (Lipinski definition) is 5. The number of hydrogen-bond donors (Lipinski definition) is 0. The molecular formula is C23H20N2O4S. The molecule has 0 heterocycles. The summed E-state index contributed by atoms with van der Waals surface area (Å²) in [4.78, 5) is 12.4. The number of rotatable bonds is 7. The summed E-state index contributed by atoms with van der Waals surface area (Å²) >= 11 is 0. The van der Waals surface area contributed by atoms with Crippen molar-refractivity contribution in [1.29, 1.82) is 5.26 Å². The van der Waals surface area contributed by atoms with Crippen LogP contribution in [0.1, 0.15) is 28.4 Å². The fourth-order valence-corrected chi connectivity index (χ4v) is 4.36. The molecule has 3 aromatic rings. The van der Waals surface area contributed by atoms with Crippen molar-refractivity contribution < 1.29 is 17.9 Å². The molecule has 0 bridgehead atoms. The van der Waals surface area contributed by atoms with Crippen molar-refractivity contribution in [2.45, 2.75) is 18.4 Å². The Balaban J connectivity index is 1.71. The SMILES string of the molecule is CCN(c1ccccc1)S(=O)(=O)c1ccc(C(=O)OCc2ccc(C#N)cc2)cc1. The Hall–Kier alpha value is -3.63. The minimum Gasteiger partial charge on any atom is -0.457 e. The molecule has 0 saturated carbocycles. The van der Waals surface area contributed by atoms with Crippen molar-refractivity contribution in [3.05, 3.63) is 95.6 Å². The molecule has 0 atom stereocenters. The highest BCUT2D eigenvalue weighted by molar-refractivity contribution is 7.92. The van der Waals surface area contributed by atoms with Crippen LogP contribution in [0, 0.1) is 11.3 Å². The largest absolute Gasteiger partial charge is 0.457 e. The van der Waals surface area contributed by atoms with Gasteiger partial charge in [-0.1, -0.05) is 30.3 Å². The molecule has 3 aromatic carbocycles.